The zero-order valence-corrected chi connectivity index (χ0v) is 7.04. The molecule has 2 rings (SSSR count). The van der Waals surface area contributed by atoms with E-state index in [4.69, 9.17) is 20.3 Å². The maximum absolute atomic E-state index is 8.56. The summed E-state index contributed by atoms with van der Waals surface area (Å²) in [7, 11) is -1.85. The lowest BCUT2D eigenvalue weighted by atomic mass is 10.2. The number of benzene rings is 1. The van der Waals surface area contributed by atoms with Gasteiger partial charge < -0.3 is 25.0 Å². The fourth-order valence-corrected chi connectivity index (χ4v) is 1.13. The quantitative estimate of drug-likeness (QED) is 0.570. The first-order valence-corrected chi connectivity index (χ1v) is 3.84. The Morgan fingerprint density at radius 2 is 2.21 bits per heavy atom. The molecule has 0 saturated carbocycles. The minimum Gasteiger partial charge on any atom is -0.512 e. The predicted molar refractivity (Wildman–Crippen MR) is 49.2 cm³/mol. The summed E-state index contributed by atoms with van der Waals surface area (Å²) in [5.41, 5.74) is 6.01. The molecule has 72 valence electrons. The monoisotopic (exact) mass is 194 g/mol. The Bertz CT molecular complexity index is 456. The number of nitrogens with two attached hydrogens (primary N) is 1. The standard InChI is InChI=1S/C7H7BN2O4/c9-7-5-3-4(13-8(11)12)1-2-6(5)14-10-7/h1-3,11-12H,(H2,9,10). The van der Waals surface area contributed by atoms with Crippen molar-refractivity contribution in [2.45, 2.75) is 0 Å². The number of fused-ring (bicyclic) bond motifs is 1. The van der Waals surface area contributed by atoms with Gasteiger partial charge >= 0.3 is 7.32 Å². The number of aromatic nitrogens is 1. The number of nitrogens with zero attached hydrogens (tertiary/aromatic N) is 1. The van der Waals surface area contributed by atoms with Crippen LogP contribution in [0.3, 0.4) is 0 Å². The Kier molecular flexibility index (Phi) is 2.03. The molecule has 0 aliphatic carbocycles. The van der Waals surface area contributed by atoms with E-state index >= 15 is 0 Å². The number of rotatable bonds is 2. The summed E-state index contributed by atoms with van der Waals surface area (Å²) in [6.07, 6.45) is 0. The molecule has 0 spiro atoms. The van der Waals surface area contributed by atoms with E-state index in [2.05, 4.69) is 9.81 Å². The van der Waals surface area contributed by atoms with Crippen molar-refractivity contribution in [3.05, 3.63) is 18.2 Å². The minimum atomic E-state index is -1.85. The highest BCUT2D eigenvalue weighted by Gasteiger charge is 2.13. The molecule has 0 unspecified atom stereocenters. The molecule has 0 aliphatic rings. The highest BCUT2D eigenvalue weighted by molar-refractivity contribution is 6.33. The molecule has 0 bridgehead atoms. The zero-order valence-electron chi connectivity index (χ0n) is 7.04. The molecule has 6 nitrogen and oxygen atoms in total. The van der Waals surface area contributed by atoms with E-state index in [9.17, 15) is 0 Å². The van der Waals surface area contributed by atoms with Crippen LogP contribution in [0.1, 0.15) is 0 Å². The predicted octanol–water partition coefficient (Wildman–Crippen LogP) is -0.242. The second-order valence-corrected chi connectivity index (χ2v) is 2.67. The van der Waals surface area contributed by atoms with Gasteiger partial charge in [-0.15, -0.1) is 0 Å². The number of nitrogen functional groups attached to an aromatic ring is 1. The van der Waals surface area contributed by atoms with Crippen LogP contribution >= 0.6 is 0 Å². The molecule has 2 aromatic rings. The highest BCUT2D eigenvalue weighted by atomic mass is 16.6. The van der Waals surface area contributed by atoms with Crippen LogP contribution in [0.25, 0.3) is 11.0 Å². The van der Waals surface area contributed by atoms with Crippen molar-refractivity contribution >= 4 is 24.1 Å². The minimum absolute atomic E-state index is 0.234. The van der Waals surface area contributed by atoms with E-state index < -0.39 is 7.32 Å². The molecule has 14 heavy (non-hydrogen) atoms. The number of anilines is 1. The van der Waals surface area contributed by atoms with Crippen molar-refractivity contribution in [1.82, 2.24) is 5.16 Å². The Balaban J connectivity index is 2.44. The van der Waals surface area contributed by atoms with Gasteiger partial charge in [0.2, 0.25) is 0 Å². The third kappa shape index (κ3) is 1.50. The van der Waals surface area contributed by atoms with Gasteiger partial charge in [0.25, 0.3) is 0 Å². The molecule has 7 heteroatoms. The average Bonchev–Trinajstić information content (AvgIpc) is 2.47. The summed E-state index contributed by atoms with van der Waals surface area (Å²) in [6, 6.07) is 4.61. The van der Waals surface area contributed by atoms with Gasteiger partial charge in [0.05, 0.1) is 5.39 Å². The first kappa shape index (κ1) is 8.85. The van der Waals surface area contributed by atoms with Crippen LogP contribution in [0.5, 0.6) is 5.75 Å². The molecule has 1 heterocycles. The smallest absolute Gasteiger partial charge is 0.512 e. The average molecular weight is 194 g/mol. The van der Waals surface area contributed by atoms with Crippen molar-refractivity contribution in [1.29, 1.82) is 0 Å². The van der Waals surface area contributed by atoms with Crippen molar-refractivity contribution in [3.63, 3.8) is 0 Å². The molecule has 0 saturated heterocycles. The molecular formula is C7H7BN2O4. The second-order valence-electron chi connectivity index (χ2n) is 2.67. The highest BCUT2D eigenvalue weighted by Crippen LogP contribution is 2.25. The van der Waals surface area contributed by atoms with Crippen molar-refractivity contribution < 1.29 is 19.2 Å². The van der Waals surface area contributed by atoms with Gasteiger partial charge in [-0.05, 0) is 18.2 Å². The Hall–Kier alpha value is -1.73. The Labute approximate surface area is 79.0 Å². The largest absolute Gasteiger partial charge is 0.707 e. The first-order chi connectivity index (χ1) is 6.66. The molecule has 0 atom stereocenters. The Morgan fingerprint density at radius 3 is 2.93 bits per heavy atom. The van der Waals surface area contributed by atoms with Gasteiger partial charge in [-0.1, -0.05) is 5.16 Å². The summed E-state index contributed by atoms with van der Waals surface area (Å²) in [6.45, 7) is 0. The molecule has 0 fully saturated rings. The molecule has 1 aromatic heterocycles. The third-order valence-electron chi connectivity index (χ3n) is 1.71. The summed E-state index contributed by atoms with van der Waals surface area (Å²) in [5.74, 6) is 0.514. The molecule has 0 radical (unpaired) electrons. The molecule has 4 N–H and O–H groups in total. The second kappa shape index (κ2) is 3.20. The van der Waals surface area contributed by atoms with Crippen LogP contribution in [-0.4, -0.2) is 22.5 Å². The van der Waals surface area contributed by atoms with E-state index in [1.807, 2.05) is 0 Å². The third-order valence-corrected chi connectivity index (χ3v) is 1.71. The summed E-state index contributed by atoms with van der Waals surface area (Å²) in [4.78, 5) is 0. The summed E-state index contributed by atoms with van der Waals surface area (Å²) < 4.78 is 9.49. The van der Waals surface area contributed by atoms with Crippen LogP contribution < -0.4 is 10.4 Å². The van der Waals surface area contributed by atoms with E-state index in [0.717, 1.165) is 0 Å². The van der Waals surface area contributed by atoms with E-state index in [-0.39, 0.29) is 11.6 Å². The molecule has 0 aliphatic heterocycles. The van der Waals surface area contributed by atoms with Crippen LogP contribution in [0.2, 0.25) is 0 Å². The zero-order chi connectivity index (χ0) is 10.1. The fourth-order valence-electron chi connectivity index (χ4n) is 1.13. The lowest BCUT2D eigenvalue weighted by molar-refractivity contribution is 0.288. The molecule has 0 amide bonds. The molecular weight excluding hydrogens is 187 g/mol. The lowest BCUT2D eigenvalue weighted by Crippen LogP contribution is -2.20. The first-order valence-electron chi connectivity index (χ1n) is 3.84. The van der Waals surface area contributed by atoms with Gasteiger partial charge in [0, 0.05) is 0 Å². The van der Waals surface area contributed by atoms with Gasteiger partial charge in [0.1, 0.15) is 5.75 Å². The van der Waals surface area contributed by atoms with E-state index in [1.54, 1.807) is 6.07 Å². The fraction of sp³-hybridized carbons (Fsp3) is 0. The van der Waals surface area contributed by atoms with Crippen molar-refractivity contribution in [3.8, 4) is 5.75 Å². The normalized spacial score (nSPS) is 10.4. The van der Waals surface area contributed by atoms with E-state index in [1.165, 1.54) is 12.1 Å². The van der Waals surface area contributed by atoms with E-state index in [0.29, 0.717) is 11.0 Å². The Morgan fingerprint density at radius 1 is 1.43 bits per heavy atom. The van der Waals surface area contributed by atoms with Gasteiger partial charge in [-0.25, -0.2) is 0 Å². The number of hydrogen-bond donors (Lipinski definition) is 3. The number of hydrogen-bond acceptors (Lipinski definition) is 6. The van der Waals surface area contributed by atoms with Crippen LogP contribution in [-0.2, 0) is 0 Å². The lowest BCUT2D eigenvalue weighted by Gasteiger charge is -2.02. The van der Waals surface area contributed by atoms with Crippen LogP contribution in [0.4, 0.5) is 5.82 Å². The maximum atomic E-state index is 8.56. The van der Waals surface area contributed by atoms with Gasteiger partial charge in [-0.2, -0.15) is 0 Å². The van der Waals surface area contributed by atoms with Crippen molar-refractivity contribution in [2.24, 2.45) is 0 Å². The summed E-state index contributed by atoms with van der Waals surface area (Å²) >= 11 is 0. The topological polar surface area (TPSA) is 102 Å². The maximum Gasteiger partial charge on any atom is 0.707 e. The SMILES string of the molecule is Nc1noc2ccc(OB(O)O)cc12. The van der Waals surface area contributed by atoms with Gasteiger partial charge in [-0.3, -0.25) is 0 Å². The molecule has 1 aromatic carbocycles. The van der Waals surface area contributed by atoms with Crippen LogP contribution in [0.15, 0.2) is 22.7 Å². The summed E-state index contributed by atoms with van der Waals surface area (Å²) in [5, 5.41) is 21.2. The van der Waals surface area contributed by atoms with Gasteiger partial charge in [0.15, 0.2) is 11.4 Å². The van der Waals surface area contributed by atoms with Crippen molar-refractivity contribution in [2.75, 3.05) is 5.73 Å². The van der Waals surface area contributed by atoms with Crippen LogP contribution in [0, 0.1) is 0 Å².